The minimum Gasteiger partial charge on any atom is -0.257 e. The second kappa shape index (κ2) is 12.3. The van der Waals surface area contributed by atoms with E-state index in [2.05, 4.69) is 4.18 Å². The zero-order valence-corrected chi connectivity index (χ0v) is 21.4. The van der Waals surface area contributed by atoms with Gasteiger partial charge < -0.3 is 0 Å². The van der Waals surface area contributed by atoms with Gasteiger partial charge in [-0.15, -0.1) is 0 Å². The molecule has 0 heterocycles. The van der Waals surface area contributed by atoms with Crippen LogP contribution in [0.5, 0.6) is 0 Å². The lowest BCUT2D eigenvalue weighted by Gasteiger charge is -2.38. The Bertz CT molecular complexity index is 1200. The molecule has 34 heteroatoms. The summed E-state index contributed by atoms with van der Waals surface area (Å²) in [6.07, 6.45) is -48.8. The Morgan fingerprint density at radius 1 is 0.447 bits per heavy atom. The molecule has 0 fully saturated rings. The SMILES string of the molecule is O=S(=O)(OCC(F)(F)C(F)(F)SOC(F)(F)C(F)(F)C(F)(F)OC(F)(F)C(F)(F)C(F)(F)OC(F)(F)C(F)(F)C(F)(F)F)C(F)(F)F. The topological polar surface area (TPSA) is 71.1 Å². The minimum absolute atomic E-state index is 0.983. The summed E-state index contributed by atoms with van der Waals surface area (Å²) in [4.78, 5) is 0. The van der Waals surface area contributed by atoms with E-state index in [4.69, 9.17) is 0 Å². The molecule has 0 rings (SSSR count). The Labute approximate surface area is 241 Å². The van der Waals surface area contributed by atoms with E-state index in [1.807, 2.05) is 4.18 Å². The Morgan fingerprint density at radius 2 is 0.745 bits per heavy atom. The number of ether oxygens (including phenoxy) is 2. The van der Waals surface area contributed by atoms with Crippen LogP contribution in [-0.4, -0.2) is 86.2 Å². The van der Waals surface area contributed by atoms with Gasteiger partial charge in [-0.25, -0.2) is 13.7 Å². The third-order valence-electron chi connectivity index (χ3n) is 4.05. The first kappa shape index (κ1) is 45.3. The molecule has 0 aliphatic carbocycles. The molecular formula is C13H2F26O6S2. The van der Waals surface area contributed by atoms with Gasteiger partial charge in [0.15, 0.2) is 0 Å². The van der Waals surface area contributed by atoms with E-state index < -0.39 is 99.9 Å². The van der Waals surface area contributed by atoms with Crippen molar-refractivity contribution in [2.45, 2.75) is 71.2 Å². The number of halogens is 26. The van der Waals surface area contributed by atoms with Crippen LogP contribution in [0.4, 0.5) is 114 Å². The van der Waals surface area contributed by atoms with Gasteiger partial charge in [0, 0.05) is 0 Å². The lowest BCUT2D eigenvalue weighted by Crippen LogP contribution is -2.65. The summed E-state index contributed by atoms with van der Waals surface area (Å²) in [5.74, 6) is -31.6. The number of hydrogen-bond acceptors (Lipinski definition) is 7. The molecule has 0 saturated carbocycles. The largest absolute Gasteiger partial charge is 0.523 e. The molecule has 0 amide bonds. The van der Waals surface area contributed by atoms with Crippen molar-refractivity contribution in [1.29, 1.82) is 0 Å². The highest BCUT2D eigenvalue weighted by Gasteiger charge is 2.85. The molecule has 0 radical (unpaired) electrons. The number of alkyl halides is 26. The van der Waals surface area contributed by atoms with Crippen molar-refractivity contribution in [2.24, 2.45) is 0 Å². The van der Waals surface area contributed by atoms with Crippen LogP contribution >= 0.6 is 12.0 Å². The van der Waals surface area contributed by atoms with E-state index in [0.717, 1.165) is 9.47 Å². The summed E-state index contributed by atoms with van der Waals surface area (Å²) in [7, 11) is -7.21. The zero-order valence-electron chi connectivity index (χ0n) is 19.8. The molecule has 0 bridgehead atoms. The average Bonchev–Trinajstić information content (AvgIpc) is 2.78. The standard InChI is InChI=1S/C13H2F26O6S2/c14-2(15,1-42-47(40,41)13(37,38)39)12(35,36)46-45-11(33,34)5(20,21)10(31,32)44-9(29,30)4(18,19)8(27,28)43-7(25,26)3(16,17)6(22,23)24/h1H2. The normalized spacial score (nSPS) is 16.6. The van der Waals surface area contributed by atoms with E-state index in [0.29, 0.717) is 0 Å². The summed E-state index contributed by atoms with van der Waals surface area (Å²) >= 11 is -3.25. The zero-order chi connectivity index (χ0) is 38.7. The maximum absolute atomic E-state index is 13.5. The van der Waals surface area contributed by atoms with Crippen molar-refractivity contribution in [1.82, 2.24) is 0 Å². The molecule has 0 aromatic rings. The second-order valence-corrected chi connectivity index (χ2v) is 10.0. The average molecular weight is 812 g/mol. The molecule has 0 unspecified atom stereocenters. The van der Waals surface area contributed by atoms with Crippen LogP contribution in [-0.2, 0) is 28.0 Å². The quantitative estimate of drug-likeness (QED) is 0.0674. The summed E-state index contributed by atoms with van der Waals surface area (Å²) in [6.45, 7) is -3.75. The van der Waals surface area contributed by atoms with E-state index in [-0.39, 0.29) is 0 Å². The predicted molar refractivity (Wildman–Crippen MR) is 87.3 cm³/mol. The third kappa shape index (κ3) is 8.56. The molecule has 284 valence electrons. The van der Waals surface area contributed by atoms with Crippen molar-refractivity contribution < 1.29 is 140 Å². The molecule has 0 aliphatic rings. The minimum atomic E-state index is -8.61. The molecule has 6 nitrogen and oxygen atoms in total. The van der Waals surface area contributed by atoms with Crippen LogP contribution in [0.25, 0.3) is 0 Å². The van der Waals surface area contributed by atoms with E-state index in [1.54, 1.807) is 0 Å². The lowest BCUT2D eigenvalue weighted by atomic mass is 10.2. The number of hydrogen-bond donors (Lipinski definition) is 0. The van der Waals surface area contributed by atoms with Crippen LogP contribution < -0.4 is 0 Å². The summed E-state index contributed by atoms with van der Waals surface area (Å²) in [6, 6.07) is 0. The molecule has 0 aromatic carbocycles. The van der Waals surface area contributed by atoms with Crippen molar-refractivity contribution in [3.8, 4) is 0 Å². The van der Waals surface area contributed by atoms with E-state index in [1.165, 1.54) is 0 Å². The maximum Gasteiger partial charge on any atom is 0.523 e. The van der Waals surface area contributed by atoms with Crippen LogP contribution in [0.15, 0.2) is 0 Å². The second-order valence-electron chi connectivity index (χ2n) is 7.56. The molecule has 0 saturated heterocycles. The smallest absolute Gasteiger partial charge is 0.257 e. The van der Waals surface area contributed by atoms with E-state index >= 15 is 0 Å². The monoisotopic (exact) mass is 812 g/mol. The van der Waals surface area contributed by atoms with Crippen molar-refractivity contribution in [2.75, 3.05) is 6.61 Å². The molecule has 0 spiro atoms. The van der Waals surface area contributed by atoms with Gasteiger partial charge in [0.2, 0.25) is 0 Å². The Kier molecular flexibility index (Phi) is 11.8. The fourth-order valence-electron chi connectivity index (χ4n) is 1.60. The van der Waals surface area contributed by atoms with Crippen molar-refractivity contribution >= 4 is 22.2 Å². The van der Waals surface area contributed by atoms with Crippen molar-refractivity contribution in [3.63, 3.8) is 0 Å². The fourth-order valence-corrected chi connectivity index (χ4v) is 2.53. The number of rotatable bonds is 16. The third-order valence-corrected chi connectivity index (χ3v) is 5.85. The molecule has 47 heavy (non-hydrogen) atoms. The van der Waals surface area contributed by atoms with E-state index in [9.17, 15) is 123 Å². The van der Waals surface area contributed by atoms with Gasteiger partial charge in [-0.3, -0.25) is 4.18 Å². The first-order valence-corrected chi connectivity index (χ1v) is 11.6. The van der Waals surface area contributed by atoms with Gasteiger partial charge >= 0.3 is 81.3 Å². The molecule has 0 atom stereocenters. The summed E-state index contributed by atoms with van der Waals surface area (Å²) in [5.41, 5.74) is -6.65. The van der Waals surface area contributed by atoms with Gasteiger partial charge in [-0.1, -0.05) is 0 Å². The highest BCUT2D eigenvalue weighted by Crippen LogP contribution is 2.58. The van der Waals surface area contributed by atoms with Gasteiger partial charge in [-0.2, -0.15) is 123 Å². The maximum atomic E-state index is 13.5. The Balaban J connectivity index is 6.25. The van der Waals surface area contributed by atoms with Gasteiger partial charge in [-0.05, 0) is 0 Å². The van der Waals surface area contributed by atoms with Crippen LogP contribution in [0, 0.1) is 0 Å². The summed E-state index contributed by atoms with van der Waals surface area (Å²) < 4.78 is 363. The predicted octanol–water partition coefficient (Wildman–Crippen LogP) is 8.21. The highest BCUT2D eigenvalue weighted by atomic mass is 32.2. The Morgan fingerprint density at radius 3 is 1.04 bits per heavy atom. The van der Waals surface area contributed by atoms with Crippen molar-refractivity contribution in [3.05, 3.63) is 0 Å². The Hall–Kier alpha value is -1.68. The lowest BCUT2D eigenvalue weighted by molar-refractivity contribution is -0.549. The molecular weight excluding hydrogens is 810 g/mol. The highest BCUT2D eigenvalue weighted by molar-refractivity contribution is 7.95. The first-order valence-electron chi connectivity index (χ1n) is 9.40. The fraction of sp³-hybridized carbons (Fsp3) is 1.00. The van der Waals surface area contributed by atoms with Crippen LogP contribution in [0.2, 0.25) is 0 Å². The molecule has 0 N–H and O–H groups in total. The van der Waals surface area contributed by atoms with Crippen LogP contribution in [0.1, 0.15) is 0 Å². The summed E-state index contributed by atoms with van der Waals surface area (Å²) in [5, 5.41) is -6.82. The first-order chi connectivity index (χ1) is 19.8. The van der Waals surface area contributed by atoms with Gasteiger partial charge in [0.25, 0.3) is 0 Å². The van der Waals surface area contributed by atoms with Crippen LogP contribution in [0.3, 0.4) is 0 Å². The van der Waals surface area contributed by atoms with Gasteiger partial charge in [0.1, 0.15) is 6.61 Å². The molecule has 0 aromatic heterocycles. The van der Waals surface area contributed by atoms with Gasteiger partial charge in [0.05, 0.1) is 12.0 Å². The molecule has 0 aliphatic heterocycles.